The minimum Gasteiger partial charge on any atom is -0.462 e. The van der Waals surface area contributed by atoms with Crippen LogP contribution in [-0.4, -0.2) is 56.5 Å². The predicted molar refractivity (Wildman–Crippen MR) is 135 cm³/mol. The molecule has 36 heavy (non-hydrogen) atoms. The number of esters is 1. The number of carbonyl (C=O) groups is 1. The number of hydrogen-bond acceptors (Lipinski definition) is 9. The van der Waals surface area contributed by atoms with E-state index in [-0.39, 0.29) is 12.7 Å². The molecule has 1 fully saturated rings. The molecule has 2 aromatic rings. The van der Waals surface area contributed by atoms with Crippen molar-refractivity contribution in [3.63, 3.8) is 0 Å². The lowest BCUT2D eigenvalue weighted by Gasteiger charge is -2.26. The molecule has 6 atom stereocenters. The zero-order chi connectivity index (χ0) is 26.7. The van der Waals surface area contributed by atoms with Crippen molar-refractivity contribution in [1.82, 2.24) is 14.6 Å². The molecule has 1 aromatic carbocycles. The molecule has 0 bridgehead atoms. The fraction of sp³-hybridized carbons (Fsp3) is 0.500. The van der Waals surface area contributed by atoms with Gasteiger partial charge in [-0.05, 0) is 51.2 Å². The molecule has 0 saturated carbocycles. The molecule has 198 valence electrons. The molecule has 3 rings (SSSR count). The number of rotatable bonds is 10. The third-order valence-electron chi connectivity index (χ3n) is 5.26. The first kappa shape index (κ1) is 28.6. The number of aliphatic hydroxyl groups is 1. The topological polar surface area (TPSA) is 149 Å². The van der Waals surface area contributed by atoms with Crippen molar-refractivity contribution in [2.24, 2.45) is 0 Å². The van der Waals surface area contributed by atoms with Crippen LogP contribution in [-0.2, 0) is 23.4 Å². The van der Waals surface area contributed by atoms with Gasteiger partial charge in [0.1, 0.15) is 23.1 Å². The Balaban J connectivity index is 1.80. The lowest BCUT2D eigenvalue weighted by atomic mass is 10.0. The Morgan fingerprint density at radius 3 is 2.58 bits per heavy atom. The number of aromatic nitrogens is 2. The number of ether oxygens (including phenoxy) is 2. The minimum absolute atomic E-state index is 0.361. The Morgan fingerprint density at radius 1 is 1.31 bits per heavy atom. The summed E-state index contributed by atoms with van der Waals surface area (Å²) in [5, 5.41) is 13.6. The first-order valence-electron chi connectivity index (χ1n) is 11.1. The lowest BCUT2D eigenvalue weighted by Crippen LogP contribution is -2.43. The molecule has 6 unspecified atom stereocenters. The van der Waals surface area contributed by atoms with Crippen molar-refractivity contribution in [2.45, 2.75) is 68.0 Å². The van der Waals surface area contributed by atoms with Crippen molar-refractivity contribution in [3.8, 4) is 0 Å². The van der Waals surface area contributed by atoms with Crippen LogP contribution < -0.4 is 16.3 Å². The average molecular weight is 562 g/mol. The lowest BCUT2D eigenvalue weighted by molar-refractivity contribution is -0.149. The summed E-state index contributed by atoms with van der Waals surface area (Å²) in [4.78, 5) is 37.3. The van der Waals surface area contributed by atoms with Gasteiger partial charge in [0.25, 0.3) is 5.56 Å². The van der Waals surface area contributed by atoms with Gasteiger partial charge in [-0.3, -0.25) is 23.7 Å². The van der Waals surface area contributed by atoms with Gasteiger partial charge in [0.05, 0.1) is 12.7 Å². The van der Waals surface area contributed by atoms with E-state index in [1.807, 2.05) is 0 Å². The monoisotopic (exact) mass is 561 g/mol. The third-order valence-corrected chi connectivity index (χ3v) is 9.57. The fourth-order valence-corrected chi connectivity index (χ4v) is 7.60. The number of aliphatic hydroxyl groups excluding tert-OH is 1. The summed E-state index contributed by atoms with van der Waals surface area (Å²) in [6.07, 6.45) is -2.72. The van der Waals surface area contributed by atoms with Crippen LogP contribution in [0.25, 0.3) is 0 Å². The van der Waals surface area contributed by atoms with Crippen molar-refractivity contribution in [3.05, 3.63) is 63.4 Å². The van der Waals surface area contributed by atoms with Crippen LogP contribution in [0.4, 0.5) is 0 Å². The van der Waals surface area contributed by atoms with Crippen LogP contribution in [0.3, 0.4) is 0 Å². The van der Waals surface area contributed by atoms with Gasteiger partial charge in [0.2, 0.25) is 0 Å². The predicted octanol–water partition coefficient (Wildman–Crippen LogP) is 2.64. The van der Waals surface area contributed by atoms with Gasteiger partial charge in [-0.25, -0.2) is 9.88 Å². The van der Waals surface area contributed by atoms with Crippen LogP contribution >= 0.6 is 29.7 Å². The summed E-state index contributed by atoms with van der Waals surface area (Å²) in [5.41, 5.74) is -1.36. The quantitative estimate of drug-likeness (QED) is 0.224. The highest BCUT2D eigenvalue weighted by Crippen LogP contribution is 2.60. The number of nitrogens with one attached hydrogen (secondary N) is 2. The first-order valence-corrected chi connectivity index (χ1v) is 14.6. The highest BCUT2D eigenvalue weighted by molar-refractivity contribution is 8.56. The first-order chi connectivity index (χ1) is 16.8. The van der Waals surface area contributed by atoms with E-state index in [2.05, 4.69) is 10.1 Å². The van der Waals surface area contributed by atoms with Gasteiger partial charge in [-0.2, -0.15) is 0 Å². The Morgan fingerprint density at radius 2 is 1.97 bits per heavy atom. The van der Waals surface area contributed by atoms with Gasteiger partial charge in [-0.1, -0.05) is 18.2 Å². The number of carbonyl (C=O) groups excluding carboxylic acids is 1. The molecular formula is C22H29ClN3O8PS. The highest BCUT2D eigenvalue weighted by atomic mass is 35.5. The van der Waals surface area contributed by atoms with Crippen molar-refractivity contribution in [2.75, 3.05) is 6.61 Å². The normalized spacial score (nSPS) is 26.5. The highest BCUT2D eigenvalue weighted by Gasteiger charge is 2.54. The van der Waals surface area contributed by atoms with E-state index in [4.69, 9.17) is 25.6 Å². The van der Waals surface area contributed by atoms with Gasteiger partial charge in [0.15, 0.2) is 6.23 Å². The van der Waals surface area contributed by atoms with Crippen LogP contribution in [0, 0.1) is 0 Å². The Kier molecular flexibility index (Phi) is 9.26. The Labute approximate surface area is 216 Å². The molecule has 3 N–H and O–H groups in total. The van der Waals surface area contributed by atoms with E-state index in [1.165, 1.54) is 20.0 Å². The molecule has 0 amide bonds. The zero-order valence-corrected chi connectivity index (χ0v) is 22.6. The number of aromatic amines is 1. The molecule has 14 heteroatoms. The number of nitrogens with zero attached hydrogens (tertiary/aromatic N) is 1. The molecule has 11 nitrogen and oxygen atoms in total. The zero-order valence-electron chi connectivity index (χ0n) is 20.1. The van der Waals surface area contributed by atoms with E-state index >= 15 is 0 Å². The molecule has 1 aliphatic rings. The van der Waals surface area contributed by atoms with E-state index in [1.54, 1.807) is 44.2 Å². The summed E-state index contributed by atoms with van der Waals surface area (Å²) in [7, 11) is 0. The van der Waals surface area contributed by atoms with Gasteiger partial charge < -0.3 is 19.1 Å². The van der Waals surface area contributed by atoms with Crippen LogP contribution in [0.5, 0.6) is 0 Å². The number of halogens is 1. The molecule has 1 aliphatic heterocycles. The van der Waals surface area contributed by atoms with E-state index in [0.717, 1.165) is 22.0 Å². The van der Waals surface area contributed by atoms with E-state index in [9.17, 15) is 24.1 Å². The van der Waals surface area contributed by atoms with Crippen LogP contribution in [0.1, 0.15) is 33.9 Å². The second-order valence-electron chi connectivity index (χ2n) is 8.67. The second-order valence-corrected chi connectivity index (χ2v) is 13.6. The second kappa shape index (κ2) is 11.6. The maximum Gasteiger partial charge on any atom is 0.332 e. The fourth-order valence-electron chi connectivity index (χ4n) is 3.47. The molecule has 1 aromatic heterocycles. The molecule has 0 aliphatic carbocycles. The number of hydrogen-bond donors (Lipinski definition) is 3. The summed E-state index contributed by atoms with van der Waals surface area (Å²) in [6.45, 7) is 2.19. The minimum atomic E-state index is -3.81. The van der Waals surface area contributed by atoms with Crippen molar-refractivity contribution in [1.29, 1.82) is 0 Å². The summed E-state index contributed by atoms with van der Waals surface area (Å²) in [6, 6.07) is 8.95. The van der Waals surface area contributed by atoms with Crippen LogP contribution in [0.2, 0.25) is 0 Å². The number of alkyl halides is 1. The maximum atomic E-state index is 13.8. The number of H-pyrrole nitrogens is 1. The van der Waals surface area contributed by atoms with Gasteiger partial charge in [-0.15, -0.1) is 11.6 Å². The summed E-state index contributed by atoms with van der Waals surface area (Å²) >= 11 is 7.44. The van der Waals surface area contributed by atoms with E-state index < -0.39 is 53.3 Å². The molecule has 0 radical (unpaired) electrons. The molecule has 2 heterocycles. The number of benzene rings is 1. The molecular weight excluding hydrogens is 533 g/mol. The van der Waals surface area contributed by atoms with Crippen molar-refractivity contribution < 1.29 is 28.5 Å². The SMILES string of the molecule is CC(C)OC(=O)C(C)NP(=O)(OCC1OC(n2ccc(=O)[nH]c2=O)C(C)(Cl)C1O)Sc1ccccc1. The summed E-state index contributed by atoms with van der Waals surface area (Å²) in [5.74, 6) is -0.606. The van der Waals surface area contributed by atoms with Crippen molar-refractivity contribution >= 4 is 35.7 Å². The smallest absolute Gasteiger partial charge is 0.332 e. The van der Waals surface area contributed by atoms with Gasteiger partial charge >= 0.3 is 18.4 Å². The third kappa shape index (κ3) is 6.89. The average Bonchev–Trinajstić information content (AvgIpc) is 3.01. The standard InChI is InChI=1S/C22H29ClN3O8PS/c1-13(2)33-19(29)14(3)25-35(31,36-15-8-6-5-7-9-15)32-12-16-18(28)22(4,23)20(34-16)26-11-10-17(27)24-21(26)30/h5-11,13-14,16,18,20,28H,12H2,1-4H3,(H,25,31)(H,24,27,30). The largest absolute Gasteiger partial charge is 0.462 e. The molecule has 1 saturated heterocycles. The maximum absolute atomic E-state index is 13.8. The van der Waals surface area contributed by atoms with E-state index in [0.29, 0.717) is 4.90 Å². The Hall–Kier alpha value is -1.92. The van der Waals surface area contributed by atoms with Gasteiger partial charge in [0, 0.05) is 17.2 Å². The summed E-state index contributed by atoms with van der Waals surface area (Å²) < 4.78 is 31.6. The molecule has 0 spiro atoms. The van der Waals surface area contributed by atoms with Crippen LogP contribution in [0.15, 0.2) is 57.1 Å². The Bertz CT molecular complexity index is 1220.